The van der Waals surface area contributed by atoms with Gasteiger partial charge in [-0.15, -0.1) is 0 Å². The van der Waals surface area contributed by atoms with Crippen molar-refractivity contribution in [3.05, 3.63) is 47.8 Å². The number of ether oxygens (including phenoxy) is 2. The molecular formula is C19H23FO3. The third kappa shape index (κ3) is 3.63. The fraction of sp³-hybridized carbons (Fsp3) is 0.526. The Kier molecular flexibility index (Phi) is 5.11. The largest absolute Gasteiger partial charge is 0.465 e. The lowest BCUT2D eigenvalue weighted by Crippen LogP contribution is -2.43. The van der Waals surface area contributed by atoms with Crippen LogP contribution in [0.2, 0.25) is 0 Å². The fourth-order valence-corrected chi connectivity index (χ4v) is 3.44. The molecule has 0 amide bonds. The zero-order valence-corrected chi connectivity index (χ0v) is 13.3. The maximum atomic E-state index is 13.2. The lowest BCUT2D eigenvalue weighted by molar-refractivity contribution is -0.156. The molecule has 2 aliphatic rings. The third-order valence-corrected chi connectivity index (χ3v) is 4.96. The molecule has 1 heterocycles. The van der Waals surface area contributed by atoms with E-state index in [0.29, 0.717) is 38.6 Å². The first-order valence-corrected chi connectivity index (χ1v) is 8.37. The van der Waals surface area contributed by atoms with E-state index in [4.69, 9.17) is 9.47 Å². The molecule has 4 heteroatoms. The zero-order chi connectivity index (χ0) is 16.1. The quantitative estimate of drug-likeness (QED) is 0.626. The topological polar surface area (TPSA) is 35.5 Å². The summed E-state index contributed by atoms with van der Waals surface area (Å²) in [6.45, 7) is 1.52. The van der Waals surface area contributed by atoms with Gasteiger partial charge >= 0.3 is 5.97 Å². The summed E-state index contributed by atoms with van der Waals surface area (Å²) in [5, 5.41) is 0. The smallest absolute Gasteiger partial charge is 0.316 e. The van der Waals surface area contributed by atoms with Crippen LogP contribution in [0.15, 0.2) is 36.4 Å². The Morgan fingerprint density at radius 1 is 1.22 bits per heavy atom. The summed E-state index contributed by atoms with van der Waals surface area (Å²) in [6.07, 6.45) is 8.60. The number of benzene rings is 1. The van der Waals surface area contributed by atoms with Crippen LogP contribution in [0, 0.1) is 11.7 Å². The second-order valence-electron chi connectivity index (χ2n) is 6.45. The number of hydrogen-bond donors (Lipinski definition) is 0. The maximum Gasteiger partial charge on any atom is 0.316 e. The van der Waals surface area contributed by atoms with Gasteiger partial charge in [-0.25, -0.2) is 4.39 Å². The van der Waals surface area contributed by atoms with Crippen molar-refractivity contribution in [2.75, 3.05) is 19.8 Å². The van der Waals surface area contributed by atoms with Crippen LogP contribution in [0.1, 0.15) is 37.7 Å². The molecule has 1 fully saturated rings. The number of rotatable bonds is 4. The summed E-state index contributed by atoms with van der Waals surface area (Å²) in [4.78, 5) is 12.9. The predicted molar refractivity (Wildman–Crippen MR) is 85.6 cm³/mol. The molecule has 0 spiro atoms. The summed E-state index contributed by atoms with van der Waals surface area (Å²) in [6, 6.07) is 6.22. The highest BCUT2D eigenvalue weighted by Gasteiger charge is 2.43. The van der Waals surface area contributed by atoms with E-state index in [1.165, 1.54) is 12.1 Å². The van der Waals surface area contributed by atoms with Crippen LogP contribution < -0.4 is 0 Å². The second kappa shape index (κ2) is 7.26. The first-order valence-electron chi connectivity index (χ1n) is 8.37. The van der Waals surface area contributed by atoms with Crippen molar-refractivity contribution in [1.29, 1.82) is 0 Å². The molecule has 1 aliphatic heterocycles. The molecule has 124 valence electrons. The Bertz CT molecular complexity index is 558. The Morgan fingerprint density at radius 2 is 1.96 bits per heavy atom. The number of carbonyl (C=O) groups excluding carboxylic acids is 1. The van der Waals surface area contributed by atoms with Crippen molar-refractivity contribution in [1.82, 2.24) is 0 Å². The fourth-order valence-electron chi connectivity index (χ4n) is 3.44. The Hall–Kier alpha value is -1.68. The van der Waals surface area contributed by atoms with E-state index in [1.54, 1.807) is 12.1 Å². The summed E-state index contributed by atoms with van der Waals surface area (Å²) in [5.41, 5.74) is 0.131. The normalized spacial score (nSPS) is 23.4. The van der Waals surface area contributed by atoms with Gasteiger partial charge in [-0.2, -0.15) is 0 Å². The zero-order valence-electron chi connectivity index (χ0n) is 13.3. The van der Waals surface area contributed by atoms with E-state index in [-0.39, 0.29) is 11.8 Å². The van der Waals surface area contributed by atoms with Crippen LogP contribution >= 0.6 is 0 Å². The highest BCUT2D eigenvalue weighted by molar-refractivity contribution is 5.83. The average Bonchev–Trinajstić information content (AvgIpc) is 2.61. The van der Waals surface area contributed by atoms with Crippen molar-refractivity contribution in [3.63, 3.8) is 0 Å². The predicted octanol–water partition coefficient (Wildman–Crippen LogP) is 3.77. The van der Waals surface area contributed by atoms with Gasteiger partial charge in [-0.1, -0.05) is 24.3 Å². The number of halogens is 1. The van der Waals surface area contributed by atoms with Gasteiger partial charge in [0, 0.05) is 13.2 Å². The number of esters is 1. The minimum absolute atomic E-state index is 0.193. The van der Waals surface area contributed by atoms with Crippen molar-refractivity contribution in [2.45, 2.75) is 37.5 Å². The van der Waals surface area contributed by atoms with Crippen molar-refractivity contribution in [3.8, 4) is 0 Å². The number of allylic oxidation sites excluding steroid dienone is 2. The average molecular weight is 318 g/mol. The van der Waals surface area contributed by atoms with Gasteiger partial charge in [-0.3, -0.25) is 4.79 Å². The van der Waals surface area contributed by atoms with E-state index in [2.05, 4.69) is 12.2 Å². The molecule has 0 aromatic heterocycles. The molecule has 0 N–H and O–H groups in total. The van der Waals surface area contributed by atoms with Crippen LogP contribution in [0.25, 0.3) is 0 Å². The van der Waals surface area contributed by atoms with Crippen molar-refractivity contribution < 1.29 is 18.7 Å². The molecule has 0 radical (unpaired) electrons. The molecule has 1 aromatic carbocycles. The molecule has 1 saturated heterocycles. The monoisotopic (exact) mass is 318 g/mol. The van der Waals surface area contributed by atoms with Gasteiger partial charge in [0.15, 0.2) is 0 Å². The molecule has 3 rings (SSSR count). The van der Waals surface area contributed by atoms with Crippen molar-refractivity contribution >= 4 is 5.97 Å². The summed E-state index contributed by atoms with van der Waals surface area (Å²) < 4.78 is 24.3. The van der Waals surface area contributed by atoms with Gasteiger partial charge in [0.1, 0.15) is 5.82 Å². The lowest BCUT2D eigenvalue weighted by atomic mass is 9.74. The van der Waals surface area contributed by atoms with E-state index in [0.717, 1.165) is 24.8 Å². The highest BCUT2D eigenvalue weighted by atomic mass is 19.1. The molecule has 23 heavy (non-hydrogen) atoms. The van der Waals surface area contributed by atoms with E-state index in [1.807, 2.05) is 0 Å². The Labute approximate surface area is 136 Å². The van der Waals surface area contributed by atoms with Gasteiger partial charge in [-0.05, 0) is 55.7 Å². The Balaban J connectivity index is 1.73. The van der Waals surface area contributed by atoms with Gasteiger partial charge < -0.3 is 9.47 Å². The molecule has 1 unspecified atom stereocenters. The van der Waals surface area contributed by atoms with Crippen LogP contribution in [0.5, 0.6) is 0 Å². The van der Waals surface area contributed by atoms with Gasteiger partial charge in [0.25, 0.3) is 0 Å². The van der Waals surface area contributed by atoms with Crippen LogP contribution in [0.4, 0.5) is 4.39 Å². The summed E-state index contributed by atoms with van der Waals surface area (Å²) in [7, 11) is 0. The van der Waals surface area contributed by atoms with Gasteiger partial charge in [0.05, 0.1) is 12.0 Å². The number of hydrogen-bond acceptors (Lipinski definition) is 3. The van der Waals surface area contributed by atoms with E-state index in [9.17, 15) is 9.18 Å². The molecule has 3 nitrogen and oxygen atoms in total. The minimum atomic E-state index is -0.698. The molecule has 1 aliphatic carbocycles. The minimum Gasteiger partial charge on any atom is -0.465 e. The first-order chi connectivity index (χ1) is 11.2. The Morgan fingerprint density at radius 3 is 2.61 bits per heavy atom. The highest BCUT2D eigenvalue weighted by Crippen LogP contribution is 2.36. The summed E-state index contributed by atoms with van der Waals surface area (Å²) in [5.74, 6) is -0.0747. The second-order valence-corrected chi connectivity index (χ2v) is 6.45. The third-order valence-electron chi connectivity index (χ3n) is 4.96. The molecule has 1 atom stereocenters. The van der Waals surface area contributed by atoms with Crippen molar-refractivity contribution in [2.24, 2.45) is 5.92 Å². The standard InChI is InChI=1S/C19H23FO3/c20-17-8-6-16(7-9-17)19(10-12-22-13-11-19)18(21)23-14-15-4-2-1-3-5-15/h1-2,6-9,15H,3-5,10-14H2. The number of carbonyl (C=O) groups is 1. The molecule has 0 bridgehead atoms. The van der Waals surface area contributed by atoms with Crippen LogP contribution in [-0.4, -0.2) is 25.8 Å². The van der Waals surface area contributed by atoms with Gasteiger partial charge in [0.2, 0.25) is 0 Å². The van der Waals surface area contributed by atoms with Crippen LogP contribution in [0.3, 0.4) is 0 Å². The summed E-state index contributed by atoms with van der Waals surface area (Å²) >= 11 is 0. The SMILES string of the molecule is O=C(OCC1CC=CCC1)C1(c2ccc(F)cc2)CCOCC1. The maximum absolute atomic E-state index is 13.2. The van der Waals surface area contributed by atoms with Crippen LogP contribution in [-0.2, 0) is 19.7 Å². The van der Waals surface area contributed by atoms with E-state index >= 15 is 0 Å². The molecule has 1 aromatic rings. The first kappa shape index (κ1) is 16.2. The molecule has 0 saturated carbocycles. The lowest BCUT2D eigenvalue weighted by Gasteiger charge is -2.35. The van der Waals surface area contributed by atoms with E-state index < -0.39 is 5.41 Å². The molecular weight excluding hydrogens is 295 g/mol.